The van der Waals surface area contributed by atoms with E-state index in [1.165, 1.54) is 6.92 Å². The van der Waals surface area contributed by atoms with Gasteiger partial charge in [0, 0.05) is 0 Å². The standard InChI is InChI=1S/C12H19F2N/c1-11(2)7-4-5-8(9(11)6-7)12(3,15)10(13)14/h5,7,9-10H,4,6,15H2,1-3H3. The van der Waals surface area contributed by atoms with E-state index in [2.05, 4.69) is 13.8 Å². The van der Waals surface area contributed by atoms with E-state index in [0.717, 1.165) is 18.4 Å². The van der Waals surface area contributed by atoms with Crippen molar-refractivity contribution in [1.82, 2.24) is 0 Å². The number of rotatable bonds is 2. The summed E-state index contributed by atoms with van der Waals surface area (Å²) in [7, 11) is 0. The fraction of sp³-hybridized carbons (Fsp3) is 0.833. The van der Waals surface area contributed by atoms with Gasteiger partial charge in [-0.2, -0.15) is 0 Å². The Morgan fingerprint density at radius 2 is 2.13 bits per heavy atom. The fourth-order valence-electron chi connectivity index (χ4n) is 3.08. The molecule has 3 unspecified atom stereocenters. The minimum absolute atomic E-state index is 0.166. The molecule has 1 saturated carbocycles. The molecule has 0 aromatic heterocycles. The van der Waals surface area contributed by atoms with Crippen molar-refractivity contribution in [3.63, 3.8) is 0 Å². The van der Waals surface area contributed by atoms with Crippen LogP contribution in [0.3, 0.4) is 0 Å². The minimum atomic E-state index is -2.48. The Morgan fingerprint density at radius 3 is 2.53 bits per heavy atom. The highest BCUT2D eigenvalue weighted by Crippen LogP contribution is 2.61. The smallest absolute Gasteiger partial charge is 0.259 e. The molecular formula is C12H19F2N. The predicted molar refractivity (Wildman–Crippen MR) is 56.7 cm³/mol. The van der Waals surface area contributed by atoms with E-state index >= 15 is 0 Å². The highest BCUT2D eigenvalue weighted by Gasteiger charge is 2.55. The first-order valence-corrected chi connectivity index (χ1v) is 5.55. The van der Waals surface area contributed by atoms with Gasteiger partial charge >= 0.3 is 0 Å². The lowest BCUT2D eigenvalue weighted by atomic mass is 9.47. The van der Waals surface area contributed by atoms with Crippen LogP contribution in [0.15, 0.2) is 11.6 Å². The second kappa shape index (κ2) is 3.03. The second-order valence-corrected chi connectivity index (χ2v) is 5.79. The van der Waals surface area contributed by atoms with Gasteiger partial charge in [-0.1, -0.05) is 19.9 Å². The summed E-state index contributed by atoms with van der Waals surface area (Å²) in [4.78, 5) is 0. The third-order valence-electron chi connectivity index (χ3n) is 4.54. The molecule has 3 heteroatoms. The molecule has 1 fully saturated rings. The molecule has 0 aliphatic heterocycles. The molecule has 2 N–H and O–H groups in total. The Balaban J connectivity index is 2.29. The molecule has 3 rings (SSSR count). The summed E-state index contributed by atoms with van der Waals surface area (Å²) in [6.45, 7) is 5.79. The van der Waals surface area contributed by atoms with Crippen LogP contribution in [0.1, 0.15) is 33.6 Å². The van der Waals surface area contributed by atoms with Gasteiger partial charge in [0.05, 0.1) is 5.54 Å². The molecule has 0 aromatic rings. The highest BCUT2D eigenvalue weighted by atomic mass is 19.3. The van der Waals surface area contributed by atoms with Crippen molar-refractivity contribution < 1.29 is 8.78 Å². The summed E-state index contributed by atoms with van der Waals surface area (Å²) in [5.41, 5.74) is 5.26. The first kappa shape index (κ1) is 11.1. The summed E-state index contributed by atoms with van der Waals surface area (Å²) >= 11 is 0. The van der Waals surface area contributed by atoms with Gasteiger partial charge in [0.25, 0.3) is 6.43 Å². The van der Waals surface area contributed by atoms with E-state index in [-0.39, 0.29) is 11.3 Å². The van der Waals surface area contributed by atoms with Crippen LogP contribution < -0.4 is 5.73 Å². The lowest BCUT2D eigenvalue weighted by Crippen LogP contribution is -2.57. The van der Waals surface area contributed by atoms with Crippen LogP contribution in [0.25, 0.3) is 0 Å². The van der Waals surface area contributed by atoms with Crippen LogP contribution in [0.4, 0.5) is 8.78 Å². The molecule has 3 atom stereocenters. The number of alkyl halides is 2. The molecule has 1 nitrogen and oxygen atoms in total. The van der Waals surface area contributed by atoms with Gasteiger partial charge in [0.1, 0.15) is 0 Å². The zero-order valence-electron chi connectivity index (χ0n) is 9.56. The zero-order valence-corrected chi connectivity index (χ0v) is 9.56. The molecule has 86 valence electrons. The maximum absolute atomic E-state index is 12.9. The van der Waals surface area contributed by atoms with Gasteiger partial charge in [-0.25, -0.2) is 8.78 Å². The highest BCUT2D eigenvalue weighted by molar-refractivity contribution is 5.32. The molecule has 3 aliphatic carbocycles. The molecule has 0 saturated heterocycles. The average Bonchev–Trinajstić information content (AvgIpc) is 2.17. The molecule has 15 heavy (non-hydrogen) atoms. The Labute approximate surface area is 89.7 Å². The van der Waals surface area contributed by atoms with E-state index in [1.54, 1.807) is 0 Å². The number of halogens is 2. The van der Waals surface area contributed by atoms with Gasteiger partial charge in [-0.05, 0) is 42.6 Å². The van der Waals surface area contributed by atoms with Gasteiger partial charge in [0.2, 0.25) is 0 Å². The number of nitrogens with two attached hydrogens (primary N) is 1. The van der Waals surface area contributed by atoms with Crippen LogP contribution >= 0.6 is 0 Å². The number of fused-ring (bicyclic) bond motifs is 1. The first-order valence-electron chi connectivity index (χ1n) is 5.55. The van der Waals surface area contributed by atoms with Crippen molar-refractivity contribution in [2.45, 2.75) is 45.6 Å². The third kappa shape index (κ3) is 1.36. The maximum atomic E-state index is 12.9. The van der Waals surface area contributed by atoms with Gasteiger partial charge in [-0.15, -0.1) is 0 Å². The Kier molecular flexibility index (Phi) is 2.24. The topological polar surface area (TPSA) is 26.0 Å². The number of allylic oxidation sites excluding steroid dienone is 1. The Bertz CT molecular complexity index is 305. The van der Waals surface area contributed by atoms with Crippen LogP contribution in [0.5, 0.6) is 0 Å². The third-order valence-corrected chi connectivity index (χ3v) is 4.54. The summed E-state index contributed by atoms with van der Waals surface area (Å²) in [6, 6.07) is 0. The van der Waals surface area contributed by atoms with Gasteiger partial charge in [-0.3, -0.25) is 0 Å². The predicted octanol–water partition coefficient (Wildman–Crippen LogP) is 2.96. The normalized spacial score (nSPS) is 36.9. The van der Waals surface area contributed by atoms with Crippen LogP contribution in [0.2, 0.25) is 0 Å². The molecular weight excluding hydrogens is 196 g/mol. The molecule has 0 spiro atoms. The lowest BCUT2D eigenvalue weighted by molar-refractivity contribution is -0.0285. The number of hydrogen-bond donors (Lipinski definition) is 1. The van der Waals surface area contributed by atoms with Gasteiger partial charge < -0.3 is 5.73 Å². The van der Waals surface area contributed by atoms with Crippen molar-refractivity contribution in [3.05, 3.63) is 11.6 Å². The maximum Gasteiger partial charge on any atom is 0.259 e. The molecule has 0 aromatic carbocycles. The first-order chi connectivity index (χ1) is 6.78. The van der Waals surface area contributed by atoms with E-state index in [4.69, 9.17) is 5.73 Å². The number of hydrogen-bond acceptors (Lipinski definition) is 1. The quantitative estimate of drug-likeness (QED) is 0.704. The largest absolute Gasteiger partial charge is 0.317 e. The van der Waals surface area contributed by atoms with Crippen LogP contribution in [-0.2, 0) is 0 Å². The summed E-state index contributed by atoms with van der Waals surface area (Å²) in [5.74, 6) is 0.931. The SMILES string of the molecule is CC(N)(C1=CCC2CC1C2(C)C)C(F)F. The molecule has 0 amide bonds. The van der Waals surface area contributed by atoms with Crippen molar-refractivity contribution >= 4 is 0 Å². The van der Waals surface area contributed by atoms with Crippen molar-refractivity contribution in [2.75, 3.05) is 0 Å². The van der Waals surface area contributed by atoms with Crippen LogP contribution in [-0.4, -0.2) is 12.0 Å². The Morgan fingerprint density at radius 1 is 1.53 bits per heavy atom. The van der Waals surface area contributed by atoms with Gasteiger partial charge in [0.15, 0.2) is 0 Å². The van der Waals surface area contributed by atoms with E-state index < -0.39 is 12.0 Å². The van der Waals surface area contributed by atoms with Crippen molar-refractivity contribution in [3.8, 4) is 0 Å². The Hall–Kier alpha value is -0.440. The minimum Gasteiger partial charge on any atom is -0.317 e. The molecule has 3 aliphatic rings. The summed E-state index contributed by atoms with van der Waals surface area (Å²) in [5, 5.41) is 0. The zero-order chi connectivity index (χ0) is 11.4. The average molecular weight is 215 g/mol. The summed E-state index contributed by atoms with van der Waals surface area (Å²) in [6.07, 6.45) is 1.43. The lowest BCUT2D eigenvalue weighted by Gasteiger charge is -2.58. The van der Waals surface area contributed by atoms with Crippen molar-refractivity contribution in [2.24, 2.45) is 23.0 Å². The van der Waals surface area contributed by atoms with Crippen molar-refractivity contribution in [1.29, 1.82) is 0 Å². The molecule has 0 heterocycles. The molecule has 2 bridgehead atoms. The fourth-order valence-corrected chi connectivity index (χ4v) is 3.08. The summed E-state index contributed by atoms with van der Waals surface area (Å²) < 4.78 is 25.7. The van der Waals surface area contributed by atoms with Crippen LogP contribution in [0, 0.1) is 17.3 Å². The second-order valence-electron chi connectivity index (χ2n) is 5.79. The van der Waals surface area contributed by atoms with E-state index in [0.29, 0.717) is 5.92 Å². The molecule has 0 radical (unpaired) electrons. The van der Waals surface area contributed by atoms with E-state index in [1.807, 2.05) is 6.08 Å². The van der Waals surface area contributed by atoms with E-state index in [9.17, 15) is 8.78 Å². The monoisotopic (exact) mass is 215 g/mol.